The molecule has 0 aliphatic carbocycles. The average molecular weight is 916 g/mol. The Balaban J connectivity index is 4.56. The van der Waals surface area contributed by atoms with E-state index in [2.05, 4.69) is 73.1 Å². The minimum absolute atomic E-state index is 0.0300. The number of phosphoric acid groups is 1. The van der Waals surface area contributed by atoms with E-state index in [-0.39, 0.29) is 12.8 Å². The van der Waals surface area contributed by atoms with Crippen molar-refractivity contribution in [1.82, 2.24) is 0 Å². The average Bonchev–Trinajstić information content (AvgIpc) is 3.27. The molecule has 364 valence electrons. The Kier molecular flexibility index (Phi) is 43.4. The zero-order chi connectivity index (χ0) is 47.0. The smallest absolute Gasteiger partial charge is 0.472 e. The summed E-state index contributed by atoms with van der Waals surface area (Å²) in [5.41, 5.74) is 5.33. The Morgan fingerprint density at radius 2 is 0.828 bits per heavy atom. The summed E-state index contributed by atoms with van der Waals surface area (Å²) >= 11 is 0. The molecule has 0 spiro atoms. The van der Waals surface area contributed by atoms with E-state index in [9.17, 15) is 23.8 Å². The number of carbonyl (C=O) groups excluding carboxylic acids is 2. The third-order valence-electron chi connectivity index (χ3n) is 9.87. The zero-order valence-electron chi connectivity index (χ0n) is 39.6. The van der Waals surface area contributed by atoms with Crippen molar-refractivity contribution in [3.63, 3.8) is 0 Å². The number of phosphoric ester groups is 1. The van der Waals surface area contributed by atoms with Gasteiger partial charge in [-0.3, -0.25) is 23.4 Å². The van der Waals surface area contributed by atoms with Crippen molar-refractivity contribution in [1.29, 1.82) is 0 Å². The fourth-order valence-electron chi connectivity index (χ4n) is 6.07. The molecule has 64 heavy (non-hydrogen) atoms. The summed E-state index contributed by atoms with van der Waals surface area (Å²) in [6.07, 6.45) is 59.7. The number of aliphatic carboxylic acids is 1. The molecule has 0 aromatic heterocycles. The molecule has 3 atom stereocenters. The number of allylic oxidation sites excluding steroid dienone is 14. The highest BCUT2D eigenvalue weighted by molar-refractivity contribution is 7.47. The first-order valence-corrected chi connectivity index (χ1v) is 25.8. The monoisotopic (exact) mass is 916 g/mol. The van der Waals surface area contributed by atoms with Crippen LogP contribution >= 0.6 is 7.82 Å². The van der Waals surface area contributed by atoms with Gasteiger partial charge in [0.15, 0.2) is 6.10 Å². The van der Waals surface area contributed by atoms with E-state index in [1.54, 1.807) is 12.2 Å². The number of esters is 2. The highest BCUT2D eigenvalue weighted by Gasteiger charge is 2.28. The molecule has 4 N–H and O–H groups in total. The summed E-state index contributed by atoms with van der Waals surface area (Å²) in [4.78, 5) is 45.9. The number of hydrogen-bond donors (Lipinski definition) is 3. The van der Waals surface area contributed by atoms with Crippen molar-refractivity contribution in [2.45, 2.75) is 193 Å². The lowest BCUT2D eigenvalue weighted by molar-refractivity contribution is -0.160. The van der Waals surface area contributed by atoms with Crippen LogP contribution in [0.1, 0.15) is 181 Å². The van der Waals surface area contributed by atoms with Gasteiger partial charge in [0, 0.05) is 0 Å². The number of hydrogen-bond acceptors (Lipinski definition) is 9. The quantitative estimate of drug-likeness (QED) is 0.0230. The summed E-state index contributed by atoms with van der Waals surface area (Å²) in [7, 11) is -4.77. The molecule has 0 saturated carbocycles. The molecule has 1 unspecified atom stereocenters. The van der Waals surface area contributed by atoms with Gasteiger partial charge in [-0.2, -0.15) is 0 Å². The van der Waals surface area contributed by atoms with Crippen molar-refractivity contribution in [2.75, 3.05) is 19.8 Å². The number of carbonyl (C=O) groups is 3. The van der Waals surface area contributed by atoms with E-state index in [0.29, 0.717) is 12.8 Å². The molecule has 0 aliphatic heterocycles. The van der Waals surface area contributed by atoms with Crippen LogP contribution in [0.25, 0.3) is 0 Å². The second-order valence-corrected chi connectivity index (χ2v) is 17.4. The molecule has 0 amide bonds. The molecular weight excluding hydrogens is 830 g/mol. The highest BCUT2D eigenvalue weighted by atomic mass is 31.2. The first-order valence-electron chi connectivity index (χ1n) is 24.3. The lowest BCUT2D eigenvalue weighted by Crippen LogP contribution is -2.34. The maximum absolute atomic E-state index is 12.6. The normalized spacial score (nSPS) is 14.4. The summed E-state index contributed by atoms with van der Waals surface area (Å²) in [6, 6.07) is -1.55. The number of unbranched alkanes of at least 4 members (excludes halogenated alkanes) is 16. The van der Waals surface area contributed by atoms with E-state index in [4.69, 9.17) is 24.8 Å². The van der Waals surface area contributed by atoms with Gasteiger partial charge in [0.25, 0.3) is 0 Å². The number of carboxylic acid groups (broad SMARTS) is 1. The van der Waals surface area contributed by atoms with E-state index in [1.165, 1.54) is 103 Å². The van der Waals surface area contributed by atoms with E-state index in [0.717, 1.165) is 38.5 Å². The van der Waals surface area contributed by atoms with Gasteiger partial charge in [-0.1, -0.05) is 201 Å². The number of nitrogens with two attached hydrogens (primary N) is 1. The standard InChI is InChI=1S/C52H86NO10P/c1-3-5-7-9-11-13-15-17-19-21-23-25-27-29-31-33-35-37-39-41-43-50(54)60-45-48(46-61-64(58,59)62-47-49(53)52(56)57)63-51(55)44-42-40-38-36-34-32-30-28-26-24-22-20-18-16-14-12-10-8-6-4-2/h21-24,27-30,33-36,39-42,48-49H,3-20,25-26,31-32,37-38,43-47,53H2,1-2H3,(H,56,57)(H,58,59)/t48-,49+/m1/s1. The maximum atomic E-state index is 12.6. The van der Waals surface area contributed by atoms with Crippen LogP contribution in [0.4, 0.5) is 0 Å². The minimum atomic E-state index is -4.77. The molecule has 0 aromatic carbocycles. The van der Waals surface area contributed by atoms with Crippen LogP contribution < -0.4 is 5.73 Å². The Bertz CT molecular complexity index is 1450. The fraction of sp³-hybridized carbons (Fsp3) is 0.635. The van der Waals surface area contributed by atoms with Crippen LogP contribution in [-0.2, 0) is 37.5 Å². The van der Waals surface area contributed by atoms with E-state index in [1.807, 2.05) is 30.4 Å². The lowest BCUT2D eigenvalue weighted by atomic mass is 10.1. The molecule has 0 fully saturated rings. The van der Waals surface area contributed by atoms with Gasteiger partial charge < -0.3 is 25.2 Å². The lowest BCUT2D eigenvalue weighted by Gasteiger charge is -2.20. The fourth-order valence-corrected chi connectivity index (χ4v) is 6.85. The molecule has 0 rings (SSSR count). The van der Waals surface area contributed by atoms with Gasteiger partial charge in [0.05, 0.1) is 26.1 Å². The van der Waals surface area contributed by atoms with Crippen LogP contribution in [0.15, 0.2) is 97.2 Å². The second kappa shape index (κ2) is 45.9. The van der Waals surface area contributed by atoms with Crippen molar-refractivity contribution in [2.24, 2.45) is 5.73 Å². The zero-order valence-corrected chi connectivity index (χ0v) is 40.5. The topological polar surface area (TPSA) is 172 Å². The van der Waals surface area contributed by atoms with Gasteiger partial charge in [0.1, 0.15) is 12.6 Å². The SMILES string of the molecule is CCCCCCCCCCC=CCC=CCC=CCC=CCC(=O)OC[C@H](COP(=O)(O)OC[C@H](N)C(=O)O)OC(=O)CC=CCC=CCC=CCC=CCCCCCCCCCC. The summed E-state index contributed by atoms with van der Waals surface area (Å²) in [5.74, 6) is -2.69. The van der Waals surface area contributed by atoms with Crippen LogP contribution in [0.3, 0.4) is 0 Å². The highest BCUT2D eigenvalue weighted by Crippen LogP contribution is 2.43. The molecule has 0 heterocycles. The Morgan fingerprint density at radius 1 is 0.484 bits per heavy atom. The van der Waals surface area contributed by atoms with Crippen molar-refractivity contribution < 1.29 is 47.5 Å². The summed E-state index contributed by atoms with van der Waals surface area (Å²) in [5, 5.41) is 8.90. The number of rotatable bonds is 44. The van der Waals surface area contributed by atoms with Gasteiger partial charge in [-0.05, 0) is 64.2 Å². The van der Waals surface area contributed by atoms with Gasteiger partial charge in [0.2, 0.25) is 0 Å². The molecule has 0 aromatic rings. The van der Waals surface area contributed by atoms with Crippen LogP contribution in [0, 0.1) is 0 Å². The maximum Gasteiger partial charge on any atom is 0.472 e. The molecule has 0 saturated heterocycles. The largest absolute Gasteiger partial charge is 0.480 e. The molecule has 0 aliphatic rings. The van der Waals surface area contributed by atoms with Crippen LogP contribution in [-0.4, -0.2) is 59.9 Å². The van der Waals surface area contributed by atoms with Gasteiger partial charge >= 0.3 is 25.7 Å². The van der Waals surface area contributed by atoms with Gasteiger partial charge in [-0.15, -0.1) is 0 Å². The van der Waals surface area contributed by atoms with Crippen molar-refractivity contribution in [3.8, 4) is 0 Å². The summed E-state index contributed by atoms with van der Waals surface area (Å²) < 4.78 is 32.5. The van der Waals surface area contributed by atoms with Crippen molar-refractivity contribution in [3.05, 3.63) is 97.2 Å². The van der Waals surface area contributed by atoms with Crippen LogP contribution in [0.2, 0.25) is 0 Å². The third kappa shape index (κ3) is 45.0. The Hall–Kier alpha value is -3.60. The first kappa shape index (κ1) is 60.4. The van der Waals surface area contributed by atoms with Crippen LogP contribution in [0.5, 0.6) is 0 Å². The predicted molar refractivity (Wildman–Crippen MR) is 263 cm³/mol. The van der Waals surface area contributed by atoms with E-state index >= 15 is 0 Å². The molecule has 0 radical (unpaired) electrons. The minimum Gasteiger partial charge on any atom is -0.480 e. The molecular formula is C52H86NO10P. The summed E-state index contributed by atoms with van der Waals surface area (Å²) in [6.45, 7) is 2.61. The predicted octanol–water partition coefficient (Wildman–Crippen LogP) is 13.6. The molecule has 0 bridgehead atoms. The molecule has 11 nitrogen and oxygen atoms in total. The Labute approximate surface area is 387 Å². The van der Waals surface area contributed by atoms with Crippen molar-refractivity contribution >= 4 is 25.7 Å². The Morgan fingerprint density at radius 3 is 1.23 bits per heavy atom. The number of ether oxygens (including phenoxy) is 2. The first-order chi connectivity index (χ1) is 31.1. The second-order valence-electron chi connectivity index (χ2n) is 15.9. The van der Waals surface area contributed by atoms with E-state index < -0.39 is 57.7 Å². The molecule has 12 heteroatoms. The van der Waals surface area contributed by atoms with Gasteiger partial charge in [-0.25, -0.2) is 4.57 Å². The third-order valence-corrected chi connectivity index (χ3v) is 10.8. The number of carboxylic acids is 1.